The van der Waals surface area contributed by atoms with E-state index in [9.17, 15) is 4.79 Å². The van der Waals surface area contributed by atoms with Crippen LogP contribution in [0.5, 0.6) is 11.6 Å². The maximum atomic E-state index is 12.1. The fourth-order valence-electron chi connectivity index (χ4n) is 2.88. The highest BCUT2D eigenvalue weighted by atomic mass is 35.5. The van der Waals surface area contributed by atoms with Crippen LogP contribution >= 0.6 is 11.6 Å². The van der Waals surface area contributed by atoms with Gasteiger partial charge in [0.15, 0.2) is 0 Å². The molecule has 2 heterocycles. The van der Waals surface area contributed by atoms with Crippen molar-refractivity contribution in [1.29, 1.82) is 0 Å². The molecule has 1 amide bonds. The molecule has 3 rings (SSSR count). The molecule has 0 aliphatic carbocycles. The van der Waals surface area contributed by atoms with Crippen LogP contribution in [0, 0.1) is 12.8 Å². The molecule has 2 aromatic rings. The first-order valence-corrected chi connectivity index (χ1v) is 9.11. The Bertz CT molecular complexity index is 789. The van der Waals surface area contributed by atoms with Crippen LogP contribution in [0.1, 0.15) is 19.4 Å². The molecular weight excluding hydrogens is 352 g/mol. The Morgan fingerprint density at radius 1 is 1.15 bits per heavy atom. The summed E-state index contributed by atoms with van der Waals surface area (Å²) in [5.41, 5.74) is 1.06. The van der Waals surface area contributed by atoms with Crippen LogP contribution in [0.15, 0.2) is 30.6 Å². The normalized spacial score (nSPS) is 14.7. The van der Waals surface area contributed by atoms with Crippen LogP contribution in [0.4, 0.5) is 5.82 Å². The van der Waals surface area contributed by atoms with Gasteiger partial charge in [0.25, 0.3) is 0 Å². The lowest BCUT2D eigenvalue weighted by Crippen LogP contribution is -2.50. The smallest absolute Gasteiger partial charge is 0.225 e. The number of ether oxygens (including phenoxy) is 1. The zero-order chi connectivity index (χ0) is 18.7. The van der Waals surface area contributed by atoms with Crippen molar-refractivity contribution in [3.05, 3.63) is 41.2 Å². The summed E-state index contributed by atoms with van der Waals surface area (Å²) in [7, 11) is 0. The number of carbonyl (C=O) groups is 1. The predicted molar refractivity (Wildman–Crippen MR) is 102 cm³/mol. The number of benzene rings is 1. The molecule has 1 fully saturated rings. The minimum Gasteiger partial charge on any atom is -0.437 e. The SMILES string of the molecule is Cc1ccc(Cl)c(Oc2cc(N3CCN(C(=O)C(C)C)CC3)ncn2)c1. The zero-order valence-electron chi connectivity index (χ0n) is 15.3. The van der Waals surface area contributed by atoms with Crippen molar-refractivity contribution >= 4 is 23.3 Å². The standard InChI is InChI=1S/C19H23ClN4O2/c1-13(2)19(25)24-8-6-23(7-9-24)17-11-18(22-12-21-17)26-16-10-14(3)4-5-15(16)20/h4-5,10-13H,6-9H2,1-3H3. The molecule has 1 aliphatic rings. The van der Waals surface area contributed by atoms with Crippen molar-refractivity contribution < 1.29 is 9.53 Å². The number of aromatic nitrogens is 2. The van der Waals surface area contributed by atoms with Crippen molar-refractivity contribution in [3.8, 4) is 11.6 Å². The number of hydrogen-bond donors (Lipinski definition) is 0. The van der Waals surface area contributed by atoms with E-state index in [4.69, 9.17) is 16.3 Å². The second-order valence-corrected chi connectivity index (χ2v) is 7.12. The minimum atomic E-state index is 0.0275. The van der Waals surface area contributed by atoms with Crippen LogP contribution in [0.2, 0.25) is 5.02 Å². The van der Waals surface area contributed by atoms with Gasteiger partial charge in [-0.15, -0.1) is 0 Å². The lowest BCUT2D eigenvalue weighted by molar-refractivity contribution is -0.134. The van der Waals surface area contributed by atoms with E-state index in [2.05, 4.69) is 14.9 Å². The molecule has 6 nitrogen and oxygen atoms in total. The molecule has 0 N–H and O–H groups in total. The highest BCUT2D eigenvalue weighted by Crippen LogP contribution is 2.30. The summed E-state index contributed by atoms with van der Waals surface area (Å²) in [4.78, 5) is 24.7. The first-order chi connectivity index (χ1) is 12.4. The second kappa shape index (κ2) is 7.91. The topological polar surface area (TPSA) is 58.6 Å². The number of halogens is 1. The molecule has 0 bridgehead atoms. The molecule has 0 spiro atoms. The molecule has 1 aliphatic heterocycles. The zero-order valence-corrected chi connectivity index (χ0v) is 16.0. The van der Waals surface area contributed by atoms with E-state index < -0.39 is 0 Å². The monoisotopic (exact) mass is 374 g/mol. The van der Waals surface area contributed by atoms with Gasteiger partial charge in [-0.2, -0.15) is 0 Å². The number of rotatable bonds is 4. The summed E-state index contributed by atoms with van der Waals surface area (Å²) in [6.07, 6.45) is 1.49. The van der Waals surface area contributed by atoms with E-state index in [1.807, 2.05) is 37.8 Å². The summed E-state index contributed by atoms with van der Waals surface area (Å²) in [6, 6.07) is 7.41. The van der Waals surface area contributed by atoms with Gasteiger partial charge in [-0.1, -0.05) is 31.5 Å². The number of anilines is 1. The van der Waals surface area contributed by atoms with E-state index in [1.54, 1.807) is 12.1 Å². The van der Waals surface area contributed by atoms with E-state index in [0.717, 1.165) is 24.5 Å². The number of piperazine rings is 1. The third-order valence-corrected chi connectivity index (χ3v) is 4.65. The van der Waals surface area contributed by atoms with Gasteiger partial charge < -0.3 is 14.5 Å². The summed E-state index contributed by atoms with van der Waals surface area (Å²) >= 11 is 6.19. The van der Waals surface area contributed by atoms with E-state index >= 15 is 0 Å². The van der Waals surface area contributed by atoms with Crippen molar-refractivity contribution in [2.45, 2.75) is 20.8 Å². The van der Waals surface area contributed by atoms with Gasteiger partial charge in [-0.05, 0) is 24.6 Å². The molecular formula is C19H23ClN4O2. The number of amides is 1. The fourth-order valence-corrected chi connectivity index (χ4v) is 3.04. The molecule has 7 heteroatoms. The molecule has 0 saturated carbocycles. The Balaban J connectivity index is 1.68. The highest BCUT2D eigenvalue weighted by molar-refractivity contribution is 6.32. The lowest BCUT2D eigenvalue weighted by atomic mass is 10.1. The van der Waals surface area contributed by atoms with Crippen molar-refractivity contribution in [1.82, 2.24) is 14.9 Å². The van der Waals surface area contributed by atoms with Crippen LogP contribution < -0.4 is 9.64 Å². The van der Waals surface area contributed by atoms with Gasteiger partial charge in [0.2, 0.25) is 11.8 Å². The summed E-state index contributed by atoms with van der Waals surface area (Å²) < 4.78 is 5.84. The Labute approximate surface area is 158 Å². The minimum absolute atomic E-state index is 0.0275. The van der Waals surface area contributed by atoms with Crippen molar-refractivity contribution in [2.24, 2.45) is 5.92 Å². The second-order valence-electron chi connectivity index (χ2n) is 6.72. The van der Waals surface area contributed by atoms with Crippen molar-refractivity contribution in [3.63, 3.8) is 0 Å². The van der Waals surface area contributed by atoms with Gasteiger partial charge in [-0.25, -0.2) is 9.97 Å². The maximum Gasteiger partial charge on any atom is 0.225 e. The van der Waals surface area contributed by atoms with Crippen molar-refractivity contribution in [2.75, 3.05) is 31.1 Å². The van der Waals surface area contributed by atoms with Crippen LogP contribution in [-0.2, 0) is 4.79 Å². The van der Waals surface area contributed by atoms with Gasteiger partial charge in [-0.3, -0.25) is 4.79 Å². The molecule has 1 aromatic carbocycles. The molecule has 26 heavy (non-hydrogen) atoms. The fraction of sp³-hybridized carbons (Fsp3) is 0.421. The predicted octanol–water partition coefficient (Wildman–Crippen LogP) is 3.54. The molecule has 138 valence electrons. The van der Waals surface area contributed by atoms with Crippen LogP contribution in [-0.4, -0.2) is 47.0 Å². The quantitative estimate of drug-likeness (QED) is 0.819. The van der Waals surface area contributed by atoms with Gasteiger partial charge in [0, 0.05) is 38.2 Å². The summed E-state index contributed by atoms with van der Waals surface area (Å²) in [6.45, 7) is 8.70. The van der Waals surface area contributed by atoms with Crippen LogP contribution in [0.3, 0.4) is 0 Å². The first kappa shape index (κ1) is 18.5. The summed E-state index contributed by atoms with van der Waals surface area (Å²) in [5.74, 6) is 2.03. The third kappa shape index (κ3) is 4.25. The Hall–Kier alpha value is -2.34. The van der Waals surface area contributed by atoms with Gasteiger partial charge in [0.05, 0.1) is 5.02 Å². The molecule has 0 atom stereocenters. The maximum absolute atomic E-state index is 12.1. The third-order valence-electron chi connectivity index (χ3n) is 4.34. The average molecular weight is 375 g/mol. The van der Waals surface area contributed by atoms with Crippen LogP contribution in [0.25, 0.3) is 0 Å². The first-order valence-electron chi connectivity index (χ1n) is 8.74. The largest absolute Gasteiger partial charge is 0.437 e. The number of nitrogens with zero attached hydrogens (tertiary/aromatic N) is 4. The number of carbonyl (C=O) groups excluding carboxylic acids is 1. The van der Waals surface area contributed by atoms with Gasteiger partial charge in [0.1, 0.15) is 17.9 Å². The Kier molecular flexibility index (Phi) is 5.61. The van der Waals surface area contributed by atoms with E-state index in [0.29, 0.717) is 29.7 Å². The molecule has 0 radical (unpaired) electrons. The molecule has 1 aromatic heterocycles. The lowest BCUT2D eigenvalue weighted by Gasteiger charge is -2.36. The van der Waals surface area contributed by atoms with E-state index in [-0.39, 0.29) is 11.8 Å². The Morgan fingerprint density at radius 2 is 1.88 bits per heavy atom. The summed E-state index contributed by atoms with van der Waals surface area (Å²) in [5, 5.41) is 0.538. The Morgan fingerprint density at radius 3 is 2.58 bits per heavy atom. The molecule has 0 unspecified atom stereocenters. The van der Waals surface area contributed by atoms with E-state index in [1.165, 1.54) is 6.33 Å². The number of hydrogen-bond acceptors (Lipinski definition) is 5. The van der Waals surface area contributed by atoms with Gasteiger partial charge >= 0.3 is 0 Å². The molecule has 1 saturated heterocycles. The number of aryl methyl sites for hydroxylation is 1. The average Bonchev–Trinajstić information content (AvgIpc) is 2.64. The highest BCUT2D eigenvalue weighted by Gasteiger charge is 2.23.